The predicted molar refractivity (Wildman–Crippen MR) is 88.4 cm³/mol. The molecule has 0 atom stereocenters. The summed E-state index contributed by atoms with van der Waals surface area (Å²) in [5.41, 5.74) is 1.13. The van der Waals surface area contributed by atoms with Crippen molar-refractivity contribution in [3.63, 3.8) is 0 Å². The summed E-state index contributed by atoms with van der Waals surface area (Å²) < 4.78 is 1.31. The average molecular weight is 362 g/mol. The molecule has 1 N–H and O–H groups in total. The second kappa shape index (κ2) is 6.64. The van der Waals surface area contributed by atoms with Crippen LogP contribution in [-0.4, -0.2) is 23.5 Å². The van der Waals surface area contributed by atoms with Gasteiger partial charge < -0.3 is 5.32 Å². The van der Waals surface area contributed by atoms with Crippen LogP contribution in [0.3, 0.4) is 0 Å². The summed E-state index contributed by atoms with van der Waals surface area (Å²) in [4.78, 5) is 13.0. The van der Waals surface area contributed by atoms with E-state index >= 15 is 0 Å². The van der Waals surface area contributed by atoms with Crippen LogP contribution in [0.1, 0.15) is 47.3 Å². The van der Waals surface area contributed by atoms with Crippen LogP contribution in [0, 0.1) is 6.92 Å². The SMILES string of the molecule is CSC1(CNC(=O)c2cc(C)c(Br)s2)CCCCC1. The highest BCUT2D eigenvalue weighted by atomic mass is 79.9. The summed E-state index contributed by atoms with van der Waals surface area (Å²) in [6.45, 7) is 2.81. The first-order chi connectivity index (χ1) is 9.06. The lowest BCUT2D eigenvalue weighted by atomic mass is 9.88. The third kappa shape index (κ3) is 3.76. The number of carbonyl (C=O) groups excluding carboxylic acids is 1. The Morgan fingerprint density at radius 3 is 2.68 bits per heavy atom. The third-order valence-electron chi connectivity index (χ3n) is 3.85. The van der Waals surface area contributed by atoms with Crippen molar-refractivity contribution in [2.24, 2.45) is 0 Å². The minimum Gasteiger partial charge on any atom is -0.350 e. The van der Waals surface area contributed by atoms with E-state index in [9.17, 15) is 4.79 Å². The molecule has 0 spiro atoms. The van der Waals surface area contributed by atoms with Crippen LogP contribution in [0.2, 0.25) is 0 Å². The Morgan fingerprint density at radius 1 is 1.47 bits per heavy atom. The fourth-order valence-electron chi connectivity index (χ4n) is 2.55. The van der Waals surface area contributed by atoms with Crippen LogP contribution >= 0.6 is 39.0 Å². The normalized spacial score (nSPS) is 18.3. The molecule has 1 saturated carbocycles. The lowest BCUT2D eigenvalue weighted by Crippen LogP contribution is -2.41. The zero-order valence-corrected chi connectivity index (χ0v) is 14.6. The van der Waals surface area contributed by atoms with Crippen molar-refractivity contribution in [3.8, 4) is 0 Å². The van der Waals surface area contributed by atoms with Gasteiger partial charge in [-0.25, -0.2) is 0 Å². The molecule has 19 heavy (non-hydrogen) atoms. The molecule has 1 amide bonds. The predicted octanol–water partition coefficient (Wildman–Crippen LogP) is 4.61. The zero-order chi connectivity index (χ0) is 13.9. The van der Waals surface area contributed by atoms with Gasteiger partial charge in [-0.05, 0) is 53.6 Å². The minimum absolute atomic E-state index is 0.0674. The highest BCUT2D eigenvalue weighted by molar-refractivity contribution is 9.11. The third-order valence-corrected chi connectivity index (χ3v) is 7.40. The number of hydrogen-bond donors (Lipinski definition) is 1. The monoisotopic (exact) mass is 361 g/mol. The van der Waals surface area contributed by atoms with Crippen molar-refractivity contribution >= 4 is 44.9 Å². The van der Waals surface area contributed by atoms with Crippen LogP contribution in [0.5, 0.6) is 0 Å². The van der Waals surface area contributed by atoms with Gasteiger partial charge in [0, 0.05) is 11.3 Å². The molecule has 1 fully saturated rings. The van der Waals surface area contributed by atoms with Gasteiger partial charge in [0.05, 0.1) is 8.66 Å². The van der Waals surface area contributed by atoms with Crippen molar-refractivity contribution in [2.75, 3.05) is 12.8 Å². The largest absolute Gasteiger partial charge is 0.350 e. The molecule has 1 aromatic heterocycles. The number of halogens is 1. The van der Waals surface area contributed by atoms with E-state index in [1.165, 1.54) is 43.4 Å². The fraction of sp³-hybridized carbons (Fsp3) is 0.643. The van der Waals surface area contributed by atoms with Gasteiger partial charge in [-0.3, -0.25) is 4.79 Å². The second-order valence-electron chi connectivity index (χ2n) is 5.20. The van der Waals surface area contributed by atoms with Crippen molar-refractivity contribution in [2.45, 2.75) is 43.8 Å². The number of rotatable bonds is 4. The summed E-state index contributed by atoms with van der Waals surface area (Å²) in [6.07, 6.45) is 8.54. The first-order valence-corrected chi connectivity index (χ1v) is 9.49. The fourth-order valence-corrected chi connectivity index (χ4v) is 4.91. The van der Waals surface area contributed by atoms with E-state index in [4.69, 9.17) is 0 Å². The van der Waals surface area contributed by atoms with Gasteiger partial charge in [-0.2, -0.15) is 11.8 Å². The molecule has 2 rings (SSSR count). The topological polar surface area (TPSA) is 29.1 Å². The number of thioether (sulfide) groups is 1. The van der Waals surface area contributed by atoms with Crippen molar-refractivity contribution in [1.82, 2.24) is 5.32 Å². The van der Waals surface area contributed by atoms with Gasteiger partial charge >= 0.3 is 0 Å². The van der Waals surface area contributed by atoms with E-state index in [1.807, 2.05) is 24.8 Å². The Kier molecular flexibility index (Phi) is 5.37. The van der Waals surface area contributed by atoms with Crippen LogP contribution in [0.4, 0.5) is 0 Å². The summed E-state index contributed by atoms with van der Waals surface area (Å²) >= 11 is 6.90. The van der Waals surface area contributed by atoms with E-state index in [0.717, 1.165) is 20.8 Å². The van der Waals surface area contributed by atoms with Crippen LogP contribution in [0.15, 0.2) is 9.85 Å². The lowest BCUT2D eigenvalue weighted by molar-refractivity contribution is 0.0951. The van der Waals surface area contributed by atoms with Gasteiger partial charge in [0.15, 0.2) is 0 Å². The minimum atomic E-state index is 0.0674. The Bertz CT molecular complexity index is 433. The molecule has 0 radical (unpaired) electrons. The van der Waals surface area contributed by atoms with Crippen molar-refractivity contribution in [3.05, 3.63) is 20.3 Å². The molecule has 1 aromatic rings. The maximum atomic E-state index is 12.2. The van der Waals surface area contributed by atoms with Crippen LogP contribution in [0.25, 0.3) is 0 Å². The number of hydrogen-bond acceptors (Lipinski definition) is 3. The summed E-state index contributed by atoms with van der Waals surface area (Å²) in [6, 6.07) is 1.96. The van der Waals surface area contributed by atoms with Crippen molar-refractivity contribution in [1.29, 1.82) is 0 Å². The quantitative estimate of drug-likeness (QED) is 0.847. The average Bonchev–Trinajstić information content (AvgIpc) is 2.77. The Labute approximate surface area is 131 Å². The van der Waals surface area contributed by atoms with Gasteiger partial charge in [0.1, 0.15) is 0 Å². The molecule has 0 aliphatic heterocycles. The number of aryl methyl sites for hydroxylation is 1. The summed E-state index contributed by atoms with van der Waals surface area (Å²) in [5.74, 6) is 0.0674. The molecular formula is C14H20BrNOS2. The van der Waals surface area contributed by atoms with Gasteiger partial charge in [-0.15, -0.1) is 11.3 Å². The second-order valence-corrected chi connectivity index (χ2v) is 8.84. The highest BCUT2D eigenvalue weighted by Gasteiger charge is 2.31. The highest BCUT2D eigenvalue weighted by Crippen LogP contribution is 2.38. The molecule has 1 heterocycles. The van der Waals surface area contributed by atoms with E-state index in [-0.39, 0.29) is 10.7 Å². The molecule has 5 heteroatoms. The standard InChI is InChI=1S/C14H20BrNOS2/c1-10-8-11(19-12(10)15)13(17)16-9-14(18-2)6-4-3-5-7-14/h8H,3-7,9H2,1-2H3,(H,16,17). The molecule has 0 aromatic carbocycles. The van der Waals surface area contributed by atoms with Crippen LogP contribution in [-0.2, 0) is 0 Å². The van der Waals surface area contributed by atoms with Crippen molar-refractivity contribution < 1.29 is 4.79 Å². The van der Waals surface area contributed by atoms with Gasteiger partial charge in [-0.1, -0.05) is 19.3 Å². The maximum Gasteiger partial charge on any atom is 0.261 e. The lowest BCUT2D eigenvalue weighted by Gasteiger charge is -2.35. The first kappa shape index (κ1) is 15.4. The van der Waals surface area contributed by atoms with Gasteiger partial charge in [0.25, 0.3) is 5.91 Å². The van der Waals surface area contributed by atoms with Gasteiger partial charge in [0.2, 0.25) is 0 Å². The summed E-state index contributed by atoms with van der Waals surface area (Å²) in [7, 11) is 0. The van der Waals surface area contributed by atoms with E-state index in [0.29, 0.717) is 0 Å². The number of thiophene rings is 1. The van der Waals surface area contributed by atoms with E-state index in [2.05, 4.69) is 27.5 Å². The number of carbonyl (C=O) groups is 1. The Balaban J connectivity index is 1.95. The van der Waals surface area contributed by atoms with Crippen LogP contribution < -0.4 is 5.32 Å². The van der Waals surface area contributed by atoms with E-state index < -0.39 is 0 Å². The molecule has 106 valence electrons. The smallest absolute Gasteiger partial charge is 0.261 e. The zero-order valence-electron chi connectivity index (χ0n) is 11.4. The molecular weight excluding hydrogens is 342 g/mol. The number of nitrogens with one attached hydrogen (secondary N) is 1. The van der Waals surface area contributed by atoms with E-state index in [1.54, 1.807) is 0 Å². The molecule has 1 aliphatic carbocycles. The molecule has 2 nitrogen and oxygen atoms in total. The Hall–Kier alpha value is -0.0000000000000000833. The molecule has 0 unspecified atom stereocenters. The number of amides is 1. The maximum absolute atomic E-state index is 12.2. The molecule has 0 bridgehead atoms. The first-order valence-electron chi connectivity index (χ1n) is 6.66. The molecule has 1 aliphatic rings. The molecule has 0 saturated heterocycles. The Morgan fingerprint density at radius 2 is 2.16 bits per heavy atom. The summed E-state index contributed by atoms with van der Waals surface area (Å²) in [5, 5.41) is 3.13.